The topological polar surface area (TPSA) is 64.3 Å². The van der Waals surface area contributed by atoms with E-state index in [-0.39, 0.29) is 0 Å². The van der Waals surface area contributed by atoms with Crippen LogP contribution in [0.15, 0.2) is 12.1 Å². The monoisotopic (exact) mass is 222 g/mol. The number of anilines is 2. The zero-order valence-corrected chi connectivity index (χ0v) is 9.59. The van der Waals surface area contributed by atoms with Crippen molar-refractivity contribution in [1.82, 2.24) is 10.2 Å². The second-order valence-electron chi connectivity index (χ2n) is 4.25. The van der Waals surface area contributed by atoms with Crippen molar-refractivity contribution in [2.75, 3.05) is 37.4 Å². The molecule has 0 spiro atoms. The van der Waals surface area contributed by atoms with Crippen LogP contribution < -0.4 is 10.6 Å². The number of rotatable bonds is 3. The number of nitrogens with zero attached hydrogens (tertiary/aromatic N) is 3. The molecule has 1 saturated heterocycles. The van der Waals surface area contributed by atoms with Crippen LogP contribution in [0.25, 0.3) is 0 Å². The van der Waals surface area contributed by atoms with E-state index < -0.39 is 0 Å². The van der Waals surface area contributed by atoms with Gasteiger partial charge in [-0.2, -0.15) is 0 Å². The van der Waals surface area contributed by atoms with E-state index in [0.717, 1.165) is 38.4 Å². The molecule has 5 heteroatoms. The Morgan fingerprint density at radius 3 is 2.75 bits per heavy atom. The molecular weight excluding hydrogens is 204 g/mol. The van der Waals surface area contributed by atoms with Gasteiger partial charge in [0.05, 0.1) is 0 Å². The molecule has 88 valence electrons. The molecule has 0 aromatic carbocycles. The van der Waals surface area contributed by atoms with Crippen LogP contribution in [0.3, 0.4) is 0 Å². The molecule has 0 amide bonds. The van der Waals surface area contributed by atoms with Gasteiger partial charge < -0.3 is 15.4 Å². The zero-order valence-electron chi connectivity index (χ0n) is 9.59. The van der Waals surface area contributed by atoms with Gasteiger partial charge in [-0.3, -0.25) is 0 Å². The maximum atomic E-state index is 5.50. The molecule has 1 fully saturated rings. The van der Waals surface area contributed by atoms with E-state index in [1.807, 2.05) is 13.1 Å². The van der Waals surface area contributed by atoms with E-state index in [0.29, 0.717) is 11.7 Å². The Labute approximate surface area is 95.6 Å². The van der Waals surface area contributed by atoms with Crippen LogP contribution in [0.1, 0.15) is 12.8 Å². The smallest absolute Gasteiger partial charge is 0.151 e. The highest BCUT2D eigenvalue weighted by molar-refractivity contribution is 5.40. The van der Waals surface area contributed by atoms with Gasteiger partial charge in [-0.05, 0) is 30.9 Å². The first kappa shape index (κ1) is 11.1. The average molecular weight is 222 g/mol. The molecule has 0 radical (unpaired) electrons. The van der Waals surface area contributed by atoms with Gasteiger partial charge in [0, 0.05) is 26.8 Å². The highest BCUT2D eigenvalue weighted by Crippen LogP contribution is 2.18. The molecule has 2 heterocycles. The van der Waals surface area contributed by atoms with Gasteiger partial charge in [-0.15, -0.1) is 10.2 Å². The summed E-state index contributed by atoms with van der Waals surface area (Å²) in [5.41, 5.74) is 5.50. The van der Waals surface area contributed by atoms with Crippen molar-refractivity contribution in [2.45, 2.75) is 12.8 Å². The quantitative estimate of drug-likeness (QED) is 0.824. The second kappa shape index (κ2) is 5.12. The minimum atomic E-state index is 0.461. The summed E-state index contributed by atoms with van der Waals surface area (Å²) >= 11 is 0. The third-order valence-corrected chi connectivity index (χ3v) is 2.94. The summed E-state index contributed by atoms with van der Waals surface area (Å²) in [4.78, 5) is 2.13. The standard InChI is InChI=1S/C11H18N4O/c1-15(8-9-4-6-16-7-5-9)11-3-2-10(12)13-14-11/h2-3,9H,4-8H2,1H3,(H2,12,13). The number of aromatic nitrogens is 2. The lowest BCUT2D eigenvalue weighted by Crippen LogP contribution is -2.30. The molecule has 1 aromatic rings. The van der Waals surface area contributed by atoms with E-state index >= 15 is 0 Å². The normalized spacial score (nSPS) is 17.3. The minimum absolute atomic E-state index is 0.461. The number of hydrogen-bond donors (Lipinski definition) is 1. The van der Waals surface area contributed by atoms with Crippen LogP contribution in [0, 0.1) is 5.92 Å². The first-order chi connectivity index (χ1) is 7.75. The van der Waals surface area contributed by atoms with E-state index in [1.165, 1.54) is 0 Å². The first-order valence-corrected chi connectivity index (χ1v) is 5.64. The highest BCUT2D eigenvalue weighted by atomic mass is 16.5. The molecule has 1 aliphatic heterocycles. The summed E-state index contributed by atoms with van der Waals surface area (Å²) in [5.74, 6) is 2.03. The summed E-state index contributed by atoms with van der Waals surface area (Å²) in [7, 11) is 2.04. The summed E-state index contributed by atoms with van der Waals surface area (Å²) in [6.07, 6.45) is 2.26. The Morgan fingerprint density at radius 1 is 1.38 bits per heavy atom. The van der Waals surface area contributed by atoms with Crippen molar-refractivity contribution in [1.29, 1.82) is 0 Å². The Morgan fingerprint density at radius 2 is 2.12 bits per heavy atom. The van der Waals surface area contributed by atoms with Gasteiger partial charge in [0.15, 0.2) is 5.82 Å². The predicted octanol–water partition coefficient (Wildman–Crippen LogP) is 0.922. The van der Waals surface area contributed by atoms with Gasteiger partial charge in [0.1, 0.15) is 5.82 Å². The number of hydrogen-bond acceptors (Lipinski definition) is 5. The Bertz CT molecular complexity index is 321. The Hall–Kier alpha value is -1.36. The summed E-state index contributed by atoms with van der Waals surface area (Å²) in [5, 5.41) is 7.92. The first-order valence-electron chi connectivity index (χ1n) is 5.64. The Balaban J connectivity index is 1.91. The summed E-state index contributed by atoms with van der Waals surface area (Å²) < 4.78 is 5.34. The van der Waals surface area contributed by atoms with Crippen LogP contribution in [0.5, 0.6) is 0 Å². The molecule has 0 bridgehead atoms. The molecule has 5 nitrogen and oxygen atoms in total. The molecule has 0 atom stereocenters. The fourth-order valence-corrected chi connectivity index (χ4v) is 1.95. The van der Waals surface area contributed by atoms with Gasteiger partial charge in [0.25, 0.3) is 0 Å². The van der Waals surface area contributed by atoms with Crippen LogP contribution >= 0.6 is 0 Å². The molecule has 0 saturated carbocycles. The molecule has 2 rings (SSSR count). The fraction of sp³-hybridized carbons (Fsp3) is 0.636. The van der Waals surface area contributed by atoms with Crippen molar-refractivity contribution in [3.05, 3.63) is 12.1 Å². The van der Waals surface area contributed by atoms with Gasteiger partial charge in [0.2, 0.25) is 0 Å². The van der Waals surface area contributed by atoms with Crippen molar-refractivity contribution < 1.29 is 4.74 Å². The molecule has 1 aromatic heterocycles. The van der Waals surface area contributed by atoms with Crippen LogP contribution in [0.4, 0.5) is 11.6 Å². The second-order valence-corrected chi connectivity index (χ2v) is 4.25. The molecule has 2 N–H and O–H groups in total. The van der Waals surface area contributed by atoms with Crippen molar-refractivity contribution in [3.63, 3.8) is 0 Å². The third kappa shape index (κ3) is 2.82. The summed E-state index contributed by atoms with van der Waals surface area (Å²) in [6, 6.07) is 3.68. The molecule has 0 unspecified atom stereocenters. The summed E-state index contributed by atoms with van der Waals surface area (Å²) in [6.45, 7) is 2.76. The van der Waals surface area contributed by atoms with Crippen LogP contribution in [-0.2, 0) is 4.74 Å². The van der Waals surface area contributed by atoms with Crippen molar-refractivity contribution in [3.8, 4) is 0 Å². The highest BCUT2D eigenvalue weighted by Gasteiger charge is 2.16. The maximum absolute atomic E-state index is 5.50. The number of nitrogens with two attached hydrogens (primary N) is 1. The predicted molar refractivity (Wildman–Crippen MR) is 63.3 cm³/mol. The van der Waals surface area contributed by atoms with Crippen molar-refractivity contribution >= 4 is 11.6 Å². The van der Waals surface area contributed by atoms with E-state index in [4.69, 9.17) is 10.5 Å². The lowest BCUT2D eigenvalue weighted by molar-refractivity contribution is 0.0685. The van der Waals surface area contributed by atoms with E-state index in [1.54, 1.807) is 6.07 Å². The number of ether oxygens (including phenoxy) is 1. The van der Waals surface area contributed by atoms with E-state index in [2.05, 4.69) is 15.1 Å². The van der Waals surface area contributed by atoms with Crippen LogP contribution in [0.2, 0.25) is 0 Å². The Kier molecular flexibility index (Phi) is 3.56. The largest absolute Gasteiger partial charge is 0.382 e. The number of nitrogen functional groups attached to an aromatic ring is 1. The lowest BCUT2D eigenvalue weighted by atomic mass is 10.00. The van der Waals surface area contributed by atoms with Crippen LogP contribution in [-0.4, -0.2) is 37.0 Å². The molecule has 0 aliphatic carbocycles. The fourth-order valence-electron chi connectivity index (χ4n) is 1.95. The van der Waals surface area contributed by atoms with E-state index in [9.17, 15) is 0 Å². The zero-order chi connectivity index (χ0) is 11.4. The SMILES string of the molecule is CN(CC1CCOCC1)c1ccc(N)nn1. The van der Waals surface area contributed by atoms with Gasteiger partial charge in [-0.1, -0.05) is 0 Å². The third-order valence-electron chi connectivity index (χ3n) is 2.94. The average Bonchev–Trinajstić information content (AvgIpc) is 2.31. The van der Waals surface area contributed by atoms with Gasteiger partial charge in [-0.25, -0.2) is 0 Å². The maximum Gasteiger partial charge on any atom is 0.151 e. The lowest BCUT2D eigenvalue weighted by Gasteiger charge is -2.27. The van der Waals surface area contributed by atoms with Gasteiger partial charge >= 0.3 is 0 Å². The molecule has 1 aliphatic rings. The molecular formula is C11H18N4O. The molecule has 16 heavy (non-hydrogen) atoms. The van der Waals surface area contributed by atoms with Crippen molar-refractivity contribution in [2.24, 2.45) is 5.92 Å². The minimum Gasteiger partial charge on any atom is -0.382 e.